The Morgan fingerprint density at radius 2 is 0.840 bits per heavy atom. The molecule has 50 heavy (non-hydrogen) atoms. The second kappa shape index (κ2) is 11.2. The Hall–Kier alpha value is -6.65. The first-order chi connectivity index (χ1) is 24.8. The van der Waals surface area contributed by atoms with Crippen molar-refractivity contribution >= 4 is 21.8 Å². The van der Waals surface area contributed by atoms with Crippen LogP contribution >= 0.6 is 0 Å². The minimum absolute atomic E-state index is 0.566. The van der Waals surface area contributed by atoms with Crippen LogP contribution in [0.25, 0.3) is 61.7 Å². The van der Waals surface area contributed by atoms with Gasteiger partial charge in [-0.3, -0.25) is 0 Å². The van der Waals surface area contributed by atoms with Gasteiger partial charge in [0.1, 0.15) is 0 Å². The fourth-order valence-electron chi connectivity index (χ4n) is 7.99. The smallest absolute Gasteiger partial charge is 0.164 e. The van der Waals surface area contributed by atoms with E-state index in [9.17, 15) is 0 Å². The lowest BCUT2D eigenvalue weighted by Crippen LogP contribution is -2.35. The van der Waals surface area contributed by atoms with Gasteiger partial charge in [-0.15, -0.1) is 0 Å². The fraction of sp³-hybridized carbons (Fsp3) is 0.0217. The summed E-state index contributed by atoms with van der Waals surface area (Å²) >= 11 is 0. The second-order valence-electron chi connectivity index (χ2n) is 12.8. The molecule has 0 bridgehead atoms. The van der Waals surface area contributed by atoms with Gasteiger partial charge in [0.25, 0.3) is 0 Å². The molecule has 9 aromatic rings. The Bertz CT molecular complexity index is 2620. The molecule has 10 rings (SSSR count). The van der Waals surface area contributed by atoms with Crippen molar-refractivity contribution in [3.8, 4) is 39.9 Å². The Kier molecular flexibility index (Phi) is 6.36. The molecule has 0 spiro atoms. The second-order valence-corrected chi connectivity index (χ2v) is 12.8. The minimum atomic E-state index is -0.566. The maximum Gasteiger partial charge on any atom is 0.164 e. The predicted molar refractivity (Wildman–Crippen MR) is 202 cm³/mol. The number of hydrogen-bond donors (Lipinski definition) is 0. The Morgan fingerprint density at radius 1 is 0.360 bits per heavy atom. The zero-order chi connectivity index (χ0) is 33.1. The van der Waals surface area contributed by atoms with Crippen molar-refractivity contribution < 1.29 is 0 Å². The summed E-state index contributed by atoms with van der Waals surface area (Å²) in [6.45, 7) is 0. The van der Waals surface area contributed by atoms with E-state index in [0.29, 0.717) is 17.5 Å². The molecule has 0 saturated carbocycles. The van der Waals surface area contributed by atoms with Crippen LogP contribution in [-0.2, 0) is 5.41 Å². The average molecular weight is 639 g/mol. The quantitative estimate of drug-likeness (QED) is 0.188. The maximum atomic E-state index is 5.01. The summed E-state index contributed by atoms with van der Waals surface area (Å²) in [5, 5.41) is 2.52. The van der Waals surface area contributed by atoms with Crippen LogP contribution in [-0.4, -0.2) is 19.5 Å². The van der Waals surface area contributed by atoms with Crippen LogP contribution < -0.4 is 0 Å². The van der Waals surface area contributed by atoms with Crippen molar-refractivity contribution in [2.45, 2.75) is 5.41 Å². The molecular formula is C46H30N4. The molecule has 0 saturated heterocycles. The Morgan fingerprint density at radius 3 is 1.50 bits per heavy atom. The van der Waals surface area contributed by atoms with Gasteiger partial charge in [0.15, 0.2) is 17.5 Å². The highest BCUT2D eigenvalue weighted by atomic mass is 15.0. The third-order valence-electron chi connectivity index (χ3n) is 10.1. The number of fused-ring (bicyclic) bond motifs is 5. The van der Waals surface area contributed by atoms with Gasteiger partial charge in [-0.2, -0.15) is 0 Å². The third kappa shape index (κ3) is 4.15. The number of aromatic nitrogens is 4. The Balaban J connectivity index is 1.22. The van der Waals surface area contributed by atoms with Crippen molar-refractivity contribution in [1.82, 2.24) is 19.5 Å². The molecule has 234 valence electrons. The van der Waals surface area contributed by atoms with Crippen LogP contribution in [0, 0.1) is 0 Å². The van der Waals surface area contributed by atoms with Crippen LogP contribution in [0.15, 0.2) is 182 Å². The summed E-state index contributed by atoms with van der Waals surface area (Å²) in [5.74, 6) is 1.95. The van der Waals surface area contributed by atoms with E-state index >= 15 is 0 Å². The van der Waals surface area contributed by atoms with E-state index < -0.39 is 5.41 Å². The van der Waals surface area contributed by atoms with Gasteiger partial charge in [-0.1, -0.05) is 170 Å². The number of benzene rings is 7. The molecule has 4 heteroatoms. The van der Waals surface area contributed by atoms with E-state index in [1.807, 2.05) is 60.7 Å². The lowest BCUT2D eigenvalue weighted by Gasteiger charge is -2.41. The number of para-hydroxylation sites is 3. The van der Waals surface area contributed by atoms with E-state index in [1.165, 1.54) is 49.7 Å². The van der Waals surface area contributed by atoms with Gasteiger partial charge in [-0.05, 0) is 34.4 Å². The van der Waals surface area contributed by atoms with Gasteiger partial charge in [-0.25, -0.2) is 15.0 Å². The lowest BCUT2D eigenvalue weighted by atomic mass is 9.63. The zero-order valence-corrected chi connectivity index (χ0v) is 27.1. The SMILES string of the molecule is c1ccc(-c2nc(-c3ccccc3)nc(-c3ccc(C4(c5ccccc5)c5ccccc5-n5c6ccccc6c6cccc4c65)cc3)n2)cc1. The number of nitrogens with zero attached hydrogens (tertiary/aromatic N) is 4. The van der Waals surface area contributed by atoms with E-state index in [-0.39, 0.29) is 0 Å². The maximum absolute atomic E-state index is 5.01. The molecule has 7 aromatic carbocycles. The molecule has 1 aliphatic rings. The van der Waals surface area contributed by atoms with Crippen molar-refractivity contribution in [1.29, 1.82) is 0 Å². The number of rotatable bonds is 5. The van der Waals surface area contributed by atoms with Crippen LogP contribution in [0.1, 0.15) is 22.3 Å². The first kappa shape index (κ1) is 28.4. The van der Waals surface area contributed by atoms with E-state index in [2.05, 4.69) is 126 Å². The molecule has 0 radical (unpaired) electrons. The van der Waals surface area contributed by atoms with Crippen LogP contribution in [0.3, 0.4) is 0 Å². The van der Waals surface area contributed by atoms with Gasteiger partial charge < -0.3 is 4.57 Å². The molecule has 0 fully saturated rings. The van der Waals surface area contributed by atoms with Crippen molar-refractivity contribution in [2.75, 3.05) is 0 Å². The lowest BCUT2D eigenvalue weighted by molar-refractivity contribution is 0.728. The molecule has 0 N–H and O–H groups in total. The molecule has 0 amide bonds. The van der Waals surface area contributed by atoms with E-state index in [1.54, 1.807) is 0 Å². The van der Waals surface area contributed by atoms with Crippen molar-refractivity contribution in [2.24, 2.45) is 0 Å². The fourth-order valence-corrected chi connectivity index (χ4v) is 7.99. The average Bonchev–Trinajstić information content (AvgIpc) is 3.55. The largest absolute Gasteiger partial charge is 0.309 e. The molecule has 3 heterocycles. The molecule has 1 aliphatic heterocycles. The summed E-state index contributed by atoms with van der Waals surface area (Å²) in [7, 11) is 0. The van der Waals surface area contributed by atoms with Crippen molar-refractivity contribution in [3.05, 3.63) is 204 Å². The molecule has 2 aromatic heterocycles. The monoisotopic (exact) mass is 638 g/mol. The molecule has 0 aliphatic carbocycles. The first-order valence-corrected chi connectivity index (χ1v) is 17.0. The summed E-state index contributed by atoms with van der Waals surface area (Å²) < 4.78 is 2.46. The molecular weight excluding hydrogens is 609 g/mol. The van der Waals surface area contributed by atoms with Crippen LogP contribution in [0.2, 0.25) is 0 Å². The van der Waals surface area contributed by atoms with Gasteiger partial charge >= 0.3 is 0 Å². The minimum Gasteiger partial charge on any atom is -0.309 e. The van der Waals surface area contributed by atoms with Crippen LogP contribution in [0.5, 0.6) is 0 Å². The predicted octanol–water partition coefficient (Wildman–Crippen LogP) is 10.7. The van der Waals surface area contributed by atoms with E-state index in [0.717, 1.165) is 16.7 Å². The third-order valence-corrected chi connectivity index (χ3v) is 10.1. The van der Waals surface area contributed by atoms with Gasteiger partial charge in [0.05, 0.1) is 22.1 Å². The molecule has 1 atom stereocenters. The standard InChI is InChI=1S/C46H30N4/c1-4-15-31(16-5-1)43-47-44(32-17-6-2-7-18-32)49-45(48-43)33-27-29-35(30-28-33)46(34-19-8-3-9-20-34)38-23-11-13-26-41(38)50-40-25-12-10-21-36(40)37-22-14-24-39(46)42(37)50/h1-30H. The highest BCUT2D eigenvalue weighted by molar-refractivity contribution is 6.12. The first-order valence-electron chi connectivity index (χ1n) is 17.0. The van der Waals surface area contributed by atoms with E-state index in [4.69, 9.17) is 15.0 Å². The molecule has 4 nitrogen and oxygen atoms in total. The van der Waals surface area contributed by atoms with Crippen molar-refractivity contribution in [3.63, 3.8) is 0 Å². The number of hydrogen-bond acceptors (Lipinski definition) is 3. The zero-order valence-electron chi connectivity index (χ0n) is 27.1. The Labute approximate surface area is 290 Å². The summed E-state index contributed by atoms with van der Waals surface area (Å²) in [4.78, 5) is 14.9. The van der Waals surface area contributed by atoms with Crippen LogP contribution in [0.4, 0.5) is 0 Å². The van der Waals surface area contributed by atoms with Gasteiger partial charge in [0, 0.05) is 27.5 Å². The summed E-state index contributed by atoms with van der Waals surface area (Å²) in [5.41, 5.74) is 10.9. The highest BCUT2D eigenvalue weighted by Crippen LogP contribution is 2.54. The normalized spacial score (nSPS) is 14.9. The topological polar surface area (TPSA) is 43.6 Å². The highest BCUT2D eigenvalue weighted by Gasteiger charge is 2.45. The molecule has 1 unspecified atom stereocenters. The van der Waals surface area contributed by atoms with Gasteiger partial charge in [0.2, 0.25) is 0 Å². The summed E-state index contributed by atoms with van der Waals surface area (Å²) in [6.07, 6.45) is 0. The summed E-state index contributed by atoms with van der Waals surface area (Å²) in [6, 6.07) is 64.5.